The average Bonchev–Trinajstić information content (AvgIpc) is 2.48. The van der Waals surface area contributed by atoms with Gasteiger partial charge in [0.15, 0.2) is 0 Å². The summed E-state index contributed by atoms with van der Waals surface area (Å²) in [6, 6.07) is 14.9. The van der Waals surface area contributed by atoms with Gasteiger partial charge in [-0.1, -0.05) is 36.4 Å². The Morgan fingerprint density at radius 1 is 1.10 bits per heavy atom. The van der Waals surface area contributed by atoms with Crippen molar-refractivity contribution >= 4 is 11.4 Å². The summed E-state index contributed by atoms with van der Waals surface area (Å²) in [4.78, 5) is 10.6. The molecule has 0 fully saturated rings. The Balaban J connectivity index is 1.99. The van der Waals surface area contributed by atoms with Crippen LogP contribution in [0, 0.1) is 10.1 Å². The van der Waals surface area contributed by atoms with Crippen molar-refractivity contribution in [2.24, 2.45) is 0 Å². The number of anilines is 1. The van der Waals surface area contributed by atoms with E-state index in [9.17, 15) is 10.1 Å². The number of nitro groups is 1. The van der Waals surface area contributed by atoms with Gasteiger partial charge >= 0.3 is 0 Å². The van der Waals surface area contributed by atoms with Gasteiger partial charge in [0.05, 0.1) is 18.1 Å². The molecule has 0 aliphatic carbocycles. The summed E-state index contributed by atoms with van der Waals surface area (Å²) < 4.78 is 5.57. The number of nitro benzene ring substituents is 1. The molecule has 0 aliphatic rings. The van der Waals surface area contributed by atoms with Gasteiger partial charge in [-0.15, -0.1) is 0 Å². The van der Waals surface area contributed by atoms with Crippen molar-refractivity contribution in [1.29, 1.82) is 0 Å². The Morgan fingerprint density at radius 2 is 1.80 bits per heavy atom. The van der Waals surface area contributed by atoms with Crippen LogP contribution in [0.15, 0.2) is 48.5 Å². The summed E-state index contributed by atoms with van der Waals surface area (Å²) >= 11 is 0. The Bertz CT molecular complexity index is 585. The average molecular weight is 272 g/mol. The zero-order chi connectivity index (χ0) is 14.4. The number of ether oxygens (including phenoxy) is 1. The standard InChI is InChI=1S/C15H16N2O3/c1-16-14-8-7-13(9-15(14)17(18)19)11-20-10-12-5-3-2-4-6-12/h2-9,16H,10-11H2,1H3. The molecular formula is C15H16N2O3. The van der Waals surface area contributed by atoms with E-state index in [-0.39, 0.29) is 5.69 Å². The van der Waals surface area contributed by atoms with Crippen molar-refractivity contribution in [2.75, 3.05) is 12.4 Å². The molecule has 2 aromatic carbocycles. The summed E-state index contributed by atoms with van der Waals surface area (Å²) in [7, 11) is 1.66. The van der Waals surface area contributed by atoms with Gasteiger partial charge in [-0.2, -0.15) is 0 Å². The van der Waals surface area contributed by atoms with E-state index in [4.69, 9.17) is 4.74 Å². The predicted molar refractivity (Wildman–Crippen MR) is 77.6 cm³/mol. The lowest BCUT2D eigenvalue weighted by molar-refractivity contribution is -0.384. The minimum Gasteiger partial charge on any atom is -0.383 e. The lowest BCUT2D eigenvalue weighted by Gasteiger charge is -2.07. The summed E-state index contributed by atoms with van der Waals surface area (Å²) in [6.45, 7) is 0.835. The number of benzene rings is 2. The Kier molecular flexibility index (Phi) is 4.68. The third-order valence-electron chi connectivity index (χ3n) is 2.91. The van der Waals surface area contributed by atoms with E-state index in [0.29, 0.717) is 18.9 Å². The van der Waals surface area contributed by atoms with Crippen LogP contribution in [-0.4, -0.2) is 12.0 Å². The second-order valence-electron chi connectivity index (χ2n) is 4.34. The van der Waals surface area contributed by atoms with Crippen molar-refractivity contribution in [1.82, 2.24) is 0 Å². The van der Waals surface area contributed by atoms with Gasteiger partial charge in [-0.3, -0.25) is 10.1 Å². The second-order valence-corrected chi connectivity index (χ2v) is 4.34. The molecule has 104 valence electrons. The van der Waals surface area contributed by atoms with E-state index in [1.54, 1.807) is 13.1 Å². The van der Waals surface area contributed by atoms with Crippen LogP contribution in [0.3, 0.4) is 0 Å². The van der Waals surface area contributed by atoms with Crippen LogP contribution in [-0.2, 0) is 18.0 Å². The zero-order valence-corrected chi connectivity index (χ0v) is 11.2. The summed E-state index contributed by atoms with van der Waals surface area (Å²) in [5.41, 5.74) is 2.43. The molecule has 5 nitrogen and oxygen atoms in total. The highest BCUT2D eigenvalue weighted by molar-refractivity contribution is 5.62. The summed E-state index contributed by atoms with van der Waals surface area (Å²) in [5.74, 6) is 0. The summed E-state index contributed by atoms with van der Waals surface area (Å²) in [5, 5.41) is 13.8. The maximum Gasteiger partial charge on any atom is 0.292 e. The van der Waals surface area contributed by atoms with E-state index in [2.05, 4.69) is 5.32 Å². The zero-order valence-electron chi connectivity index (χ0n) is 11.2. The predicted octanol–water partition coefficient (Wildman–Crippen LogP) is 3.35. The molecule has 0 saturated heterocycles. The molecule has 2 aromatic rings. The molecule has 0 bridgehead atoms. The lowest BCUT2D eigenvalue weighted by Crippen LogP contribution is -1.99. The van der Waals surface area contributed by atoms with Crippen LogP contribution >= 0.6 is 0 Å². The molecule has 0 amide bonds. The van der Waals surface area contributed by atoms with Crippen molar-refractivity contribution in [3.05, 3.63) is 69.8 Å². The third kappa shape index (κ3) is 3.55. The highest BCUT2D eigenvalue weighted by Crippen LogP contribution is 2.25. The van der Waals surface area contributed by atoms with E-state index in [0.717, 1.165) is 11.1 Å². The molecule has 20 heavy (non-hydrogen) atoms. The third-order valence-corrected chi connectivity index (χ3v) is 2.91. The molecule has 0 radical (unpaired) electrons. The SMILES string of the molecule is CNc1ccc(COCc2ccccc2)cc1[N+](=O)[O-]. The van der Waals surface area contributed by atoms with Gasteiger partial charge in [0.1, 0.15) is 5.69 Å². The highest BCUT2D eigenvalue weighted by Gasteiger charge is 2.13. The molecule has 0 aliphatic heterocycles. The van der Waals surface area contributed by atoms with E-state index in [1.807, 2.05) is 36.4 Å². The second kappa shape index (κ2) is 6.68. The monoisotopic (exact) mass is 272 g/mol. The van der Waals surface area contributed by atoms with Crippen molar-refractivity contribution in [2.45, 2.75) is 13.2 Å². The quantitative estimate of drug-likeness (QED) is 0.647. The first-order chi connectivity index (χ1) is 9.70. The first-order valence-electron chi connectivity index (χ1n) is 6.27. The van der Waals surface area contributed by atoms with Gasteiger partial charge in [-0.05, 0) is 17.2 Å². The van der Waals surface area contributed by atoms with Gasteiger partial charge in [0, 0.05) is 13.1 Å². The largest absolute Gasteiger partial charge is 0.383 e. The number of hydrogen-bond acceptors (Lipinski definition) is 4. The van der Waals surface area contributed by atoms with Crippen LogP contribution in [0.25, 0.3) is 0 Å². The number of hydrogen-bond donors (Lipinski definition) is 1. The van der Waals surface area contributed by atoms with E-state index >= 15 is 0 Å². The van der Waals surface area contributed by atoms with Crippen LogP contribution in [0.2, 0.25) is 0 Å². The van der Waals surface area contributed by atoms with Gasteiger partial charge in [0.2, 0.25) is 0 Å². The minimum atomic E-state index is -0.396. The first-order valence-corrected chi connectivity index (χ1v) is 6.27. The van der Waals surface area contributed by atoms with Crippen LogP contribution in [0.1, 0.15) is 11.1 Å². The maximum atomic E-state index is 11.0. The molecule has 0 spiro atoms. The Hall–Kier alpha value is -2.40. The molecule has 1 N–H and O–H groups in total. The van der Waals surface area contributed by atoms with Crippen LogP contribution in [0.4, 0.5) is 11.4 Å². The van der Waals surface area contributed by atoms with Crippen molar-refractivity contribution in [3.8, 4) is 0 Å². The van der Waals surface area contributed by atoms with Gasteiger partial charge in [-0.25, -0.2) is 0 Å². The van der Waals surface area contributed by atoms with E-state index in [1.165, 1.54) is 6.07 Å². The van der Waals surface area contributed by atoms with Gasteiger partial charge in [0.25, 0.3) is 5.69 Å². The topological polar surface area (TPSA) is 64.4 Å². The molecule has 0 saturated carbocycles. The molecule has 0 aromatic heterocycles. The van der Waals surface area contributed by atoms with E-state index < -0.39 is 4.92 Å². The van der Waals surface area contributed by atoms with Crippen molar-refractivity contribution in [3.63, 3.8) is 0 Å². The van der Waals surface area contributed by atoms with Gasteiger partial charge < -0.3 is 10.1 Å². The number of nitrogens with zero attached hydrogens (tertiary/aromatic N) is 1. The fourth-order valence-corrected chi connectivity index (χ4v) is 1.89. The molecular weight excluding hydrogens is 256 g/mol. The smallest absolute Gasteiger partial charge is 0.292 e. The molecule has 0 atom stereocenters. The fourth-order valence-electron chi connectivity index (χ4n) is 1.89. The van der Waals surface area contributed by atoms with Crippen molar-refractivity contribution < 1.29 is 9.66 Å². The molecule has 0 heterocycles. The minimum absolute atomic E-state index is 0.0633. The number of rotatable bonds is 6. The summed E-state index contributed by atoms with van der Waals surface area (Å²) in [6.07, 6.45) is 0. The lowest BCUT2D eigenvalue weighted by atomic mass is 10.2. The highest BCUT2D eigenvalue weighted by atomic mass is 16.6. The normalized spacial score (nSPS) is 10.2. The fraction of sp³-hybridized carbons (Fsp3) is 0.200. The van der Waals surface area contributed by atoms with Crippen LogP contribution in [0.5, 0.6) is 0 Å². The molecule has 0 unspecified atom stereocenters. The number of nitrogens with one attached hydrogen (secondary N) is 1. The molecule has 5 heteroatoms. The first kappa shape index (κ1) is 14.0. The maximum absolute atomic E-state index is 11.0. The molecule has 2 rings (SSSR count). The van der Waals surface area contributed by atoms with Crippen LogP contribution < -0.4 is 5.32 Å². The Morgan fingerprint density at radius 3 is 2.45 bits per heavy atom. The Labute approximate surface area is 117 Å².